The summed E-state index contributed by atoms with van der Waals surface area (Å²) in [5.74, 6) is 1.80. The van der Waals surface area contributed by atoms with E-state index in [0.717, 1.165) is 11.8 Å². The maximum Gasteiger partial charge on any atom is -0.0318 e. The Morgan fingerprint density at radius 3 is 2.42 bits per heavy atom. The summed E-state index contributed by atoms with van der Waals surface area (Å²) in [5, 5.41) is 0. The Balaban J connectivity index is 2.29. The molecule has 1 fully saturated rings. The highest BCUT2D eigenvalue weighted by molar-refractivity contribution is 5.05. The molecule has 0 unspecified atom stereocenters. The van der Waals surface area contributed by atoms with Gasteiger partial charge in [-0.15, -0.1) is 0 Å². The zero-order valence-electron chi connectivity index (χ0n) is 8.77. The molecule has 0 saturated heterocycles. The molecule has 0 nitrogen and oxygen atoms in total. The quantitative estimate of drug-likeness (QED) is 0.540. The van der Waals surface area contributed by atoms with Crippen molar-refractivity contribution in [2.75, 3.05) is 0 Å². The van der Waals surface area contributed by atoms with Gasteiger partial charge in [0.1, 0.15) is 0 Å². The van der Waals surface area contributed by atoms with Gasteiger partial charge in [-0.3, -0.25) is 0 Å². The van der Waals surface area contributed by atoms with Crippen molar-refractivity contribution in [3.05, 3.63) is 11.6 Å². The van der Waals surface area contributed by atoms with Crippen LogP contribution in [0.1, 0.15) is 52.9 Å². The average Bonchev–Trinajstić information content (AvgIpc) is 2.03. The molecule has 12 heavy (non-hydrogen) atoms. The van der Waals surface area contributed by atoms with Crippen molar-refractivity contribution >= 4 is 0 Å². The summed E-state index contributed by atoms with van der Waals surface area (Å²) in [6.45, 7) is 6.96. The van der Waals surface area contributed by atoms with Crippen molar-refractivity contribution in [1.82, 2.24) is 0 Å². The number of rotatable bonds is 2. The van der Waals surface area contributed by atoms with Crippen LogP contribution >= 0.6 is 0 Å². The van der Waals surface area contributed by atoms with Gasteiger partial charge in [0.25, 0.3) is 0 Å². The van der Waals surface area contributed by atoms with E-state index in [-0.39, 0.29) is 0 Å². The molecule has 0 atom stereocenters. The fraction of sp³-hybridized carbons (Fsp3) is 0.833. The van der Waals surface area contributed by atoms with Crippen molar-refractivity contribution in [2.24, 2.45) is 11.8 Å². The van der Waals surface area contributed by atoms with Gasteiger partial charge in [0.2, 0.25) is 0 Å². The second kappa shape index (κ2) is 4.69. The van der Waals surface area contributed by atoms with Crippen LogP contribution in [0.5, 0.6) is 0 Å². The van der Waals surface area contributed by atoms with Gasteiger partial charge < -0.3 is 0 Å². The molecule has 0 amide bonds. The summed E-state index contributed by atoms with van der Waals surface area (Å²) >= 11 is 0. The van der Waals surface area contributed by atoms with Crippen LogP contribution in [0.15, 0.2) is 11.6 Å². The van der Waals surface area contributed by atoms with Crippen molar-refractivity contribution in [3.63, 3.8) is 0 Å². The molecule has 0 heteroatoms. The van der Waals surface area contributed by atoms with E-state index in [2.05, 4.69) is 26.8 Å². The largest absolute Gasteiger partial charge is 0.0851 e. The van der Waals surface area contributed by atoms with Gasteiger partial charge in [0.05, 0.1) is 0 Å². The Hall–Kier alpha value is -0.260. The maximum atomic E-state index is 2.48. The van der Waals surface area contributed by atoms with Crippen molar-refractivity contribution in [2.45, 2.75) is 52.9 Å². The molecule has 1 rings (SSSR count). The second-order valence-corrected chi connectivity index (χ2v) is 4.67. The molecular formula is C12H22. The van der Waals surface area contributed by atoms with E-state index in [0.29, 0.717) is 0 Å². The third kappa shape index (κ3) is 3.42. The molecule has 0 radical (unpaired) electrons. The Labute approximate surface area is 77.1 Å². The van der Waals surface area contributed by atoms with Crippen LogP contribution in [0.25, 0.3) is 0 Å². The van der Waals surface area contributed by atoms with Crippen LogP contribution in [0, 0.1) is 11.8 Å². The van der Waals surface area contributed by atoms with E-state index in [9.17, 15) is 0 Å². The first-order valence-electron chi connectivity index (χ1n) is 5.36. The second-order valence-electron chi connectivity index (χ2n) is 4.67. The standard InChI is InChI=1S/C12H22/c1-10(2)4-7-12-8-5-11(3)6-9-12/h7,10-11H,4-6,8-9H2,1-3H3. The monoisotopic (exact) mass is 166 g/mol. The van der Waals surface area contributed by atoms with Crippen molar-refractivity contribution in [3.8, 4) is 0 Å². The smallest absolute Gasteiger partial charge is 0.0318 e. The van der Waals surface area contributed by atoms with E-state index in [1.807, 2.05) is 0 Å². The van der Waals surface area contributed by atoms with E-state index < -0.39 is 0 Å². The van der Waals surface area contributed by atoms with E-state index in [4.69, 9.17) is 0 Å². The Morgan fingerprint density at radius 2 is 1.92 bits per heavy atom. The van der Waals surface area contributed by atoms with Gasteiger partial charge >= 0.3 is 0 Å². The highest BCUT2D eigenvalue weighted by atomic mass is 14.2. The van der Waals surface area contributed by atoms with Crippen LogP contribution < -0.4 is 0 Å². The lowest BCUT2D eigenvalue weighted by atomic mass is 9.86. The van der Waals surface area contributed by atoms with Gasteiger partial charge in [-0.2, -0.15) is 0 Å². The summed E-state index contributed by atoms with van der Waals surface area (Å²) < 4.78 is 0. The lowest BCUT2D eigenvalue weighted by molar-refractivity contribution is 0.442. The van der Waals surface area contributed by atoms with Gasteiger partial charge in [-0.25, -0.2) is 0 Å². The summed E-state index contributed by atoms with van der Waals surface area (Å²) in [4.78, 5) is 0. The minimum atomic E-state index is 0.830. The first kappa shape index (κ1) is 9.83. The van der Waals surface area contributed by atoms with Gasteiger partial charge in [-0.05, 0) is 43.9 Å². The number of allylic oxidation sites excluding steroid dienone is 2. The van der Waals surface area contributed by atoms with Crippen LogP contribution in [-0.2, 0) is 0 Å². The molecule has 0 bridgehead atoms. The summed E-state index contributed by atoms with van der Waals surface area (Å²) in [7, 11) is 0. The zero-order valence-corrected chi connectivity index (χ0v) is 8.77. The summed E-state index contributed by atoms with van der Waals surface area (Å²) in [6.07, 6.45) is 9.34. The van der Waals surface area contributed by atoms with E-state index in [1.165, 1.54) is 32.1 Å². The lowest BCUT2D eigenvalue weighted by Crippen LogP contribution is -2.04. The highest BCUT2D eigenvalue weighted by Gasteiger charge is 2.11. The molecule has 0 heterocycles. The minimum Gasteiger partial charge on any atom is -0.0851 e. The van der Waals surface area contributed by atoms with Gasteiger partial charge in [-0.1, -0.05) is 32.4 Å². The number of hydrogen-bond donors (Lipinski definition) is 0. The Morgan fingerprint density at radius 1 is 1.33 bits per heavy atom. The zero-order chi connectivity index (χ0) is 8.97. The van der Waals surface area contributed by atoms with Gasteiger partial charge in [0, 0.05) is 0 Å². The molecule has 0 aromatic rings. The van der Waals surface area contributed by atoms with Crippen LogP contribution in [-0.4, -0.2) is 0 Å². The first-order valence-corrected chi connectivity index (χ1v) is 5.36. The van der Waals surface area contributed by atoms with Crippen molar-refractivity contribution < 1.29 is 0 Å². The maximum absolute atomic E-state index is 2.48. The lowest BCUT2D eigenvalue weighted by Gasteiger charge is -2.20. The normalized spacial score (nSPS) is 24.7. The van der Waals surface area contributed by atoms with Crippen LogP contribution in [0.3, 0.4) is 0 Å². The Kier molecular flexibility index (Phi) is 3.84. The SMILES string of the molecule is CC(C)CC=C1CCC(C)CC1. The minimum absolute atomic E-state index is 0.830. The first-order chi connectivity index (χ1) is 5.68. The average molecular weight is 166 g/mol. The molecule has 1 aliphatic carbocycles. The summed E-state index contributed by atoms with van der Waals surface area (Å²) in [5.41, 5.74) is 1.72. The molecule has 0 spiro atoms. The third-order valence-electron chi connectivity index (χ3n) is 2.79. The third-order valence-corrected chi connectivity index (χ3v) is 2.79. The molecule has 1 aliphatic rings. The molecular weight excluding hydrogens is 144 g/mol. The van der Waals surface area contributed by atoms with Crippen LogP contribution in [0.4, 0.5) is 0 Å². The fourth-order valence-corrected chi connectivity index (χ4v) is 1.74. The molecule has 1 saturated carbocycles. The molecule has 70 valence electrons. The van der Waals surface area contributed by atoms with Crippen LogP contribution in [0.2, 0.25) is 0 Å². The van der Waals surface area contributed by atoms with Crippen molar-refractivity contribution in [1.29, 1.82) is 0 Å². The Bertz CT molecular complexity index is 143. The number of hydrogen-bond acceptors (Lipinski definition) is 0. The van der Waals surface area contributed by atoms with E-state index in [1.54, 1.807) is 5.57 Å². The van der Waals surface area contributed by atoms with E-state index >= 15 is 0 Å². The fourth-order valence-electron chi connectivity index (χ4n) is 1.74. The van der Waals surface area contributed by atoms with Gasteiger partial charge in [0.15, 0.2) is 0 Å². The molecule has 0 aromatic carbocycles. The molecule has 0 N–H and O–H groups in total. The topological polar surface area (TPSA) is 0 Å². The molecule has 0 aliphatic heterocycles. The highest BCUT2D eigenvalue weighted by Crippen LogP contribution is 2.28. The predicted molar refractivity (Wildman–Crippen MR) is 55.2 cm³/mol. The predicted octanol–water partition coefficient (Wildman–Crippen LogP) is 4.17. The molecule has 0 aromatic heterocycles. The summed E-state index contributed by atoms with van der Waals surface area (Å²) in [6, 6.07) is 0.